The summed E-state index contributed by atoms with van der Waals surface area (Å²) in [5, 5.41) is 4.17. The molecule has 19 heavy (non-hydrogen) atoms. The van der Waals surface area contributed by atoms with E-state index in [2.05, 4.69) is 36.1 Å². The van der Waals surface area contributed by atoms with Crippen LogP contribution in [0.25, 0.3) is 0 Å². The Labute approximate surface area is 121 Å². The van der Waals surface area contributed by atoms with E-state index < -0.39 is 0 Å². The third-order valence-electron chi connectivity index (χ3n) is 3.72. The Hall–Kier alpha value is -0.800. The monoisotopic (exact) mass is 281 g/mol. The van der Waals surface area contributed by atoms with Crippen molar-refractivity contribution in [2.24, 2.45) is 5.92 Å². The second kappa shape index (κ2) is 6.58. The third kappa shape index (κ3) is 3.83. The van der Waals surface area contributed by atoms with Crippen LogP contribution in [-0.4, -0.2) is 24.6 Å². The SMILES string of the molecule is CC(C)CNCc1cnc(N(C)C2CCC2)c(Cl)c1. The number of nitrogens with one attached hydrogen (secondary N) is 1. The Morgan fingerprint density at radius 1 is 1.47 bits per heavy atom. The van der Waals surface area contributed by atoms with E-state index in [1.54, 1.807) is 0 Å². The van der Waals surface area contributed by atoms with Crippen LogP contribution in [0, 0.1) is 5.92 Å². The number of hydrogen-bond donors (Lipinski definition) is 1. The number of aromatic nitrogens is 1. The van der Waals surface area contributed by atoms with E-state index in [0.29, 0.717) is 12.0 Å². The van der Waals surface area contributed by atoms with E-state index in [9.17, 15) is 0 Å². The van der Waals surface area contributed by atoms with Crippen LogP contribution in [0.15, 0.2) is 12.3 Å². The number of anilines is 1. The summed E-state index contributed by atoms with van der Waals surface area (Å²) in [6, 6.07) is 2.65. The van der Waals surface area contributed by atoms with Gasteiger partial charge in [-0.2, -0.15) is 0 Å². The first-order chi connectivity index (χ1) is 9.08. The van der Waals surface area contributed by atoms with Gasteiger partial charge in [-0.25, -0.2) is 4.98 Å². The fourth-order valence-electron chi connectivity index (χ4n) is 2.28. The van der Waals surface area contributed by atoms with Gasteiger partial charge in [-0.1, -0.05) is 25.4 Å². The molecular formula is C15H24ClN3. The molecule has 0 bridgehead atoms. The molecule has 2 rings (SSSR count). The van der Waals surface area contributed by atoms with Gasteiger partial charge in [-0.3, -0.25) is 0 Å². The Balaban J connectivity index is 1.96. The van der Waals surface area contributed by atoms with Gasteiger partial charge in [0, 0.05) is 25.8 Å². The maximum Gasteiger partial charge on any atom is 0.147 e. The van der Waals surface area contributed by atoms with Crippen molar-refractivity contribution >= 4 is 17.4 Å². The molecule has 0 amide bonds. The molecule has 0 atom stereocenters. The molecule has 4 heteroatoms. The van der Waals surface area contributed by atoms with Crippen molar-refractivity contribution in [3.63, 3.8) is 0 Å². The van der Waals surface area contributed by atoms with Crippen LogP contribution in [0.2, 0.25) is 5.02 Å². The van der Waals surface area contributed by atoms with Crippen molar-refractivity contribution in [1.29, 1.82) is 0 Å². The van der Waals surface area contributed by atoms with Crippen molar-refractivity contribution in [3.05, 3.63) is 22.8 Å². The predicted octanol–water partition coefficient (Wildman–Crippen LogP) is 3.47. The van der Waals surface area contributed by atoms with Gasteiger partial charge in [-0.05, 0) is 43.4 Å². The van der Waals surface area contributed by atoms with Gasteiger partial charge in [-0.15, -0.1) is 0 Å². The van der Waals surface area contributed by atoms with Gasteiger partial charge < -0.3 is 10.2 Å². The lowest BCUT2D eigenvalue weighted by Gasteiger charge is -2.36. The molecule has 1 aliphatic rings. The van der Waals surface area contributed by atoms with Crippen LogP contribution < -0.4 is 10.2 Å². The standard InChI is InChI=1S/C15H24ClN3/c1-11(2)8-17-9-12-7-14(16)15(18-10-12)19(3)13-5-4-6-13/h7,10-11,13,17H,4-6,8-9H2,1-3H3. The van der Waals surface area contributed by atoms with Crippen LogP contribution in [-0.2, 0) is 6.54 Å². The molecule has 0 aromatic carbocycles. The fourth-order valence-corrected chi connectivity index (χ4v) is 2.60. The van der Waals surface area contributed by atoms with E-state index in [0.717, 1.165) is 29.5 Å². The highest BCUT2D eigenvalue weighted by Gasteiger charge is 2.24. The quantitative estimate of drug-likeness (QED) is 0.865. The molecule has 1 heterocycles. The molecule has 1 aliphatic carbocycles. The van der Waals surface area contributed by atoms with Crippen molar-refractivity contribution in [1.82, 2.24) is 10.3 Å². The lowest BCUT2D eigenvalue weighted by atomic mass is 9.92. The highest BCUT2D eigenvalue weighted by molar-refractivity contribution is 6.33. The van der Waals surface area contributed by atoms with Crippen LogP contribution >= 0.6 is 11.6 Å². The van der Waals surface area contributed by atoms with Crippen molar-refractivity contribution in [2.45, 2.75) is 45.7 Å². The molecule has 0 spiro atoms. The molecule has 0 radical (unpaired) electrons. The summed E-state index contributed by atoms with van der Waals surface area (Å²) in [5.74, 6) is 1.58. The zero-order valence-electron chi connectivity index (χ0n) is 12.1. The average molecular weight is 282 g/mol. The summed E-state index contributed by atoms with van der Waals surface area (Å²) in [5.41, 5.74) is 1.15. The maximum atomic E-state index is 6.36. The number of halogens is 1. The second-order valence-corrected chi connectivity index (χ2v) is 6.28. The van der Waals surface area contributed by atoms with E-state index >= 15 is 0 Å². The van der Waals surface area contributed by atoms with E-state index in [4.69, 9.17) is 11.6 Å². The van der Waals surface area contributed by atoms with Crippen molar-refractivity contribution in [3.8, 4) is 0 Å². The molecule has 1 saturated carbocycles. The van der Waals surface area contributed by atoms with Gasteiger partial charge in [0.25, 0.3) is 0 Å². The summed E-state index contributed by atoms with van der Waals surface area (Å²) in [4.78, 5) is 6.75. The maximum absolute atomic E-state index is 6.36. The van der Waals surface area contributed by atoms with Gasteiger partial charge in [0.05, 0.1) is 5.02 Å². The minimum Gasteiger partial charge on any atom is -0.355 e. The minimum absolute atomic E-state index is 0.620. The summed E-state index contributed by atoms with van der Waals surface area (Å²) < 4.78 is 0. The number of rotatable bonds is 6. The van der Waals surface area contributed by atoms with Gasteiger partial charge in [0.1, 0.15) is 5.82 Å². The molecule has 1 aromatic rings. The largest absolute Gasteiger partial charge is 0.355 e. The van der Waals surface area contributed by atoms with Crippen LogP contribution in [0.1, 0.15) is 38.7 Å². The van der Waals surface area contributed by atoms with Crippen molar-refractivity contribution < 1.29 is 0 Å². The van der Waals surface area contributed by atoms with Crippen LogP contribution in [0.5, 0.6) is 0 Å². The molecule has 1 fully saturated rings. The lowest BCUT2D eigenvalue weighted by molar-refractivity contribution is 0.399. The Kier molecular flexibility index (Phi) is 5.06. The normalized spacial score (nSPS) is 15.6. The second-order valence-electron chi connectivity index (χ2n) is 5.87. The number of hydrogen-bond acceptors (Lipinski definition) is 3. The third-order valence-corrected chi connectivity index (χ3v) is 3.99. The molecular weight excluding hydrogens is 258 g/mol. The molecule has 1 N–H and O–H groups in total. The molecule has 106 valence electrons. The fraction of sp³-hybridized carbons (Fsp3) is 0.667. The average Bonchev–Trinajstić information content (AvgIpc) is 2.26. The number of pyridine rings is 1. The van der Waals surface area contributed by atoms with E-state index in [1.165, 1.54) is 19.3 Å². The number of nitrogens with zero attached hydrogens (tertiary/aromatic N) is 2. The first-order valence-electron chi connectivity index (χ1n) is 7.16. The lowest BCUT2D eigenvalue weighted by Crippen LogP contribution is -2.37. The topological polar surface area (TPSA) is 28.2 Å². The van der Waals surface area contributed by atoms with E-state index in [1.807, 2.05) is 12.3 Å². The zero-order chi connectivity index (χ0) is 13.8. The zero-order valence-corrected chi connectivity index (χ0v) is 12.9. The highest BCUT2D eigenvalue weighted by Crippen LogP contribution is 2.31. The predicted molar refractivity (Wildman–Crippen MR) is 81.8 cm³/mol. The molecule has 0 saturated heterocycles. The highest BCUT2D eigenvalue weighted by atomic mass is 35.5. The van der Waals surface area contributed by atoms with Gasteiger partial charge in [0.2, 0.25) is 0 Å². The summed E-state index contributed by atoms with van der Waals surface area (Å²) in [6.07, 6.45) is 5.77. The van der Waals surface area contributed by atoms with E-state index in [-0.39, 0.29) is 0 Å². The smallest absolute Gasteiger partial charge is 0.147 e. The first kappa shape index (κ1) is 14.6. The van der Waals surface area contributed by atoms with Crippen molar-refractivity contribution in [2.75, 3.05) is 18.5 Å². The summed E-state index contributed by atoms with van der Waals surface area (Å²) in [6.45, 7) is 6.25. The minimum atomic E-state index is 0.620. The summed E-state index contributed by atoms with van der Waals surface area (Å²) in [7, 11) is 2.09. The Bertz CT molecular complexity index is 416. The van der Waals surface area contributed by atoms with Gasteiger partial charge >= 0.3 is 0 Å². The molecule has 1 aromatic heterocycles. The molecule has 0 aliphatic heterocycles. The van der Waals surface area contributed by atoms with Crippen LogP contribution in [0.4, 0.5) is 5.82 Å². The van der Waals surface area contributed by atoms with Crippen LogP contribution in [0.3, 0.4) is 0 Å². The Morgan fingerprint density at radius 3 is 2.74 bits per heavy atom. The molecule has 3 nitrogen and oxygen atoms in total. The first-order valence-corrected chi connectivity index (χ1v) is 7.53. The molecule has 0 unspecified atom stereocenters. The Morgan fingerprint density at radius 2 is 2.21 bits per heavy atom. The van der Waals surface area contributed by atoms with Gasteiger partial charge in [0.15, 0.2) is 0 Å². The summed E-state index contributed by atoms with van der Waals surface area (Å²) >= 11 is 6.36.